The normalized spacial score (nSPS) is 12.9. The molecule has 0 amide bonds. The molecular formula is C18H42BP2+. The van der Waals surface area contributed by atoms with Crippen molar-refractivity contribution in [3.63, 3.8) is 0 Å². The van der Waals surface area contributed by atoms with Crippen LogP contribution in [0.25, 0.3) is 0 Å². The van der Waals surface area contributed by atoms with Crippen molar-refractivity contribution in [1.82, 2.24) is 0 Å². The number of unbranched alkanes of at least 4 members (excludes halogenated alkanes) is 3. The molecule has 0 rings (SSSR count). The first-order valence-corrected chi connectivity index (χ1v) is 14.5. The van der Waals surface area contributed by atoms with E-state index in [1.807, 2.05) is 0 Å². The van der Waals surface area contributed by atoms with Crippen LogP contribution in [0.3, 0.4) is 0 Å². The van der Waals surface area contributed by atoms with Crippen LogP contribution >= 0.6 is 14.3 Å². The van der Waals surface area contributed by atoms with Gasteiger partial charge in [0, 0.05) is 37.0 Å². The number of hydrogen-bond donors (Lipinski definition) is 0. The average Bonchev–Trinajstić information content (AvgIpc) is 2.54. The van der Waals surface area contributed by atoms with Crippen molar-refractivity contribution in [2.75, 3.05) is 37.0 Å². The van der Waals surface area contributed by atoms with Crippen LogP contribution in [0.5, 0.6) is 0 Å². The Bertz CT molecular complexity index is 209. The molecule has 0 bridgehead atoms. The fourth-order valence-corrected chi connectivity index (χ4v) is 15.7. The monoisotopic (exact) mass is 331 g/mol. The largest absolute Gasteiger partial charge is 0.168 e. The molecule has 0 fully saturated rings. The summed E-state index contributed by atoms with van der Waals surface area (Å²) in [5, 5.41) is 0. The first kappa shape index (κ1) is 21.9. The molecule has 0 heterocycles. The van der Waals surface area contributed by atoms with Gasteiger partial charge in [0.05, 0.1) is 0 Å². The summed E-state index contributed by atoms with van der Waals surface area (Å²) < 4.78 is 0. The van der Waals surface area contributed by atoms with Crippen LogP contribution in [0.4, 0.5) is 0 Å². The Morgan fingerprint density at radius 1 is 0.524 bits per heavy atom. The maximum Gasteiger partial charge on any atom is 0.168 e. The van der Waals surface area contributed by atoms with Crippen molar-refractivity contribution in [1.29, 1.82) is 0 Å². The molecule has 0 N–H and O–H groups in total. The van der Waals surface area contributed by atoms with E-state index in [0.29, 0.717) is 0 Å². The van der Waals surface area contributed by atoms with Crippen molar-refractivity contribution < 1.29 is 0 Å². The van der Waals surface area contributed by atoms with Crippen LogP contribution in [0, 0.1) is 0 Å². The third-order valence-electron chi connectivity index (χ3n) is 5.25. The molecule has 0 aliphatic rings. The molecule has 0 atom stereocenters. The summed E-state index contributed by atoms with van der Waals surface area (Å²) in [5.74, 6) is 0. The van der Waals surface area contributed by atoms with E-state index in [1.54, 1.807) is 18.5 Å². The topological polar surface area (TPSA) is 0 Å². The first-order valence-electron chi connectivity index (χ1n) is 9.66. The Hall–Kier alpha value is 0.925. The van der Waals surface area contributed by atoms with Crippen molar-refractivity contribution in [3.05, 3.63) is 0 Å². The molecule has 2 radical (unpaired) electrons. The number of rotatable bonds is 14. The summed E-state index contributed by atoms with van der Waals surface area (Å²) in [4.78, 5) is 0. The highest BCUT2D eigenvalue weighted by Crippen LogP contribution is 2.72. The molecule has 0 aliphatic carbocycles. The lowest BCUT2D eigenvalue weighted by molar-refractivity contribution is 0.844. The SMILES string of the molecule is CCCC[P+]([B-][P+](CC)(CC)CC)(CCCC)CCCC. The van der Waals surface area contributed by atoms with Crippen LogP contribution < -0.4 is 0 Å². The van der Waals surface area contributed by atoms with Gasteiger partial charge in [-0.3, -0.25) is 0 Å². The van der Waals surface area contributed by atoms with Gasteiger partial charge in [0.25, 0.3) is 0 Å². The fraction of sp³-hybridized carbons (Fsp3) is 1.00. The average molecular weight is 331 g/mol. The van der Waals surface area contributed by atoms with Crippen molar-refractivity contribution in [2.24, 2.45) is 0 Å². The van der Waals surface area contributed by atoms with E-state index in [0.717, 1.165) is 0 Å². The van der Waals surface area contributed by atoms with Crippen LogP contribution in [-0.4, -0.2) is 43.7 Å². The summed E-state index contributed by atoms with van der Waals surface area (Å²) in [5.41, 5.74) is 0. The predicted octanol–water partition coefficient (Wildman–Crippen LogP) is 7.02. The summed E-state index contributed by atoms with van der Waals surface area (Å²) in [6.45, 7) is 17.6. The Kier molecular flexibility index (Phi) is 12.9. The standard InChI is InChI=1S/C18H42BP2/c1-7-13-16-21(17-14-8-2,18-15-9-3)19-20(10-4,11-5)12-6/h7-18H2,1-6H3/q+1. The zero-order valence-corrected chi connectivity index (χ0v) is 17.7. The van der Waals surface area contributed by atoms with Crippen LogP contribution in [-0.2, 0) is 0 Å². The van der Waals surface area contributed by atoms with Gasteiger partial charge in [-0.25, -0.2) is 0 Å². The maximum absolute atomic E-state index is 3.08. The Morgan fingerprint density at radius 3 is 1.10 bits per heavy atom. The number of hydrogen-bond acceptors (Lipinski definition) is 0. The molecular weight excluding hydrogens is 289 g/mol. The molecule has 0 unspecified atom stereocenters. The van der Waals surface area contributed by atoms with Gasteiger partial charge in [0.1, 0.15) is 0 Å². The molecule has 3 heteroatoms. The quantitative estimate of drug-likeness (QED) is 0.237. The molecule has 0 saturated carbocycles. The molecule has 126 valence electrons. The minimum atomic E-state index is -0.792. The van der Waals surface area contributed by atoms with Gasteiger partial charge >= 0.3 is 0 Å². The van der Waals surface area contributed by atoms with Gasteiger partial charge in [0.2, 0.25) is 0 Å². The highest BCUT2D eigenvalue weighted by atomic mass is 31.2. The zero-order chi connectivity index (χ0) is 16.2. The Balaban J connectivity index is 5.17. The van der Waals surface area contributed by atoms with E-state index in [1.165, 1.54) is 57.0 Å². The fourth-order valence-electron chi connectivity index (χ4n) is 3.36. The maximum atomic E-state index is 3.08. The molecule has 0 spiro atoms. The van der Waals surface area contributed by atoms with E-state index >= 15 is 0 Å². The van der Waals surface area contributed by atoms with Crippen LogP contribution in [0.15, 0.2) is 0 Å². The summed E-state index contributed by atoms with van der Waals surface area (Å²) >= 11 is 0. The van der Waals surface area contributed by atoms with Crippen molar-refractivity contribution >= 4 is 21.0 Å². The molecule has 0 aliphatic heterocycles. The van der Waals surface area contributed by atoms with Gasteiger partial charge in [-0.1, -0.05) is 40.0 Å². The van der Waals surface area contributed by atoms with E-state index in [-0.39, 0.29) is 0 Å². The van der Waals surface area contributed by atoms with E-state index < -0.39 is 14.3 Å². The highest BCUT2D eigenvalue weighted by Gasteiger charge is 2.37. The minimum absolute atomic E-state index is 0.757. The van der Waals surface area contributed by atoms with Gasteiger partial charge in [-0.2, -0.15) is 14.3 Å². The van der Waals surface area contributed by atoms with Crippen molar-refractivity contribution in [3.8, 4) is 0 Å². The summed E-state index contributed by atoms with van der Waals surface area (Å²) in [6.07, 6.45) is 17.6. The van der Waals surface area contributed by atoms with E-state index in [4.69, 9.17) is 0 Å². The van der Waals surface area contributed by atoms with E-state index in [2.05, 4.69) is 48.3 Å². The van der Waals surface area contributed by atoms with Crippen LogP contribution in [0.1, 0.15) is 80.1 Å². The van der Waals surface area contributed by atoms with Gasteiger partial charge in [-0.15, -0.1) is 0 Å². The molecule has 0 nitrogen and oxygen atoms in total. The van der Waals surface area contributed by atoms with Crippen LogP contribution in [0.2, 0.25) is 0 Å². The summed E-state index contributed by atoms with van der Waals surface area (Å²) in [6, 6.07) is 0. The van der Waals surface area contributed by atoms with Gasteiger partial charge < -0.3 is 0 Å². The smallest absolute Gasteiger partial charge is 0.161 e. The Morgan fingerprint density at radius 2 is 0.857 bits per heavy atom. The molecule has 0 saturated heterocycles. The first-order chi connectivity index (χ1) is 10.1. The van der Waals surface area contributed by atoms with Gasteiger partial charge in [0.15, 0.2) is 6.72 Å². The lowest BCUT2D eigenvalue weighted by atomic mass is 10.4. The van der Waals surface area contributed by atoms with E-state index in [9.17, 15) is 0 Å². The second kappa shape index (κ2) is 12.4. The second-order valence-electron chi connectivity index (χ2n) is 6.73. The highest BCUT2D eigenvalue weighted by molar-refractivity contribution is 8.28. The minimum Gasteiger partial charge on any atom is -0.161 e. The third-order valence-corrected chi connectivity index (χ3v) is 16.6. The zero-order valence-electron chi connectivity index (χ0n) is 16.0. The molecule has 21 heavy (non-hydrogen) atoms. The third kappa shape index (κ3) is 7.84. The molecule has 0 aromatic rings. The van der Waals surface area contributed by atoms with Gasteiger partial charge in [-0.05, 0) is 40.0 Å². The summed E-state index contributed by atoms with van der Waals surface area (Å²) in [7, 11) is -1.55. The molecule has 0 aromatic heterocycles. The lowest BCUT2D eigenvalue weighted by Gasteiger charge is -2.44. The lowest BCUT2D eigenvalue weighted by Crippen LogP contribution is -2.21. The second-order valence-corrected chi connectivity index (χ2v) is 15.8. The predicted molar refractivity (Wildman–Crippen MR) is 111 cm³/mol. The molecule has 0 aromatic carbocycles. The Labute approximate surface area is 138 Å². The van der Waals surface area contributed by atoms with Crippen molar-refractivity contribution in [2.45, 2.75) is 80.1 Å².